The summed E-state index contributed by atoms with van der Waals surface area (Å²) in [5.41, 5.74) is 10.8. The van der Waals surface area contributed by atoms with Crippen LogP contribution in [0.4, 0.5) is 5.69 Å². The van der Waals surface area contributed by atoms with Crippen LogP contribution in [0.3, 0.4) is 0 Å². The number of pyridine rings is 1. The first-order valence-electron chi connectivity index (χ1n) is 5.33. The lowest BCUT2D eigenvalue weighted by Crippen LogP contribution is -1.83. The van der Waals surface area contributed by atoms with Crippen LogP contribution >= 0.6 is 11.6 Å². The van der Waals surface area contributed by atoms with Crippen molar-refractivity contribution in [3.8, 4) is 0 Å². The molecule has 5 heteroatoms. The van der Waals surface area contributed by atoms with Crippen LogP contribution in [0, 0.1) is 0 Å². The Balaban J connectivity index is 2.59. The molecule has 0 fully saturated rings. The van der Waals surface area contributed by atoms with Gasteiger partial charge < -0.3 is 0 Å². The topological polar surface area (TPSA) is 61.7 Å². The molecule has 1 heterocycles. The molecule has 0 aliphatic rings. The van der Waals surface area contributed by atoms with Gasteiger partial charge in [0.05, 0.1) is 16.7 Å². The van der Waals surface area contributed by atoms with Gasteiger partial charge in [-0.25, -0.2) is 4.98 Å². The first-order chi connectivity index (χ1) is 8.79. The zero-order valence-electron chi connectivity index (χ0n) is 9.21. The molecule has 1 aromatic heterocycles. The van der Waals surface area contributed by atoms with Crippen molar-refractivity contribution in [3.63, 3.8) is 0 Å². The summed E-state index contributed by atoms with van der Waals surface area (Å²) >= 11 is 5.98. The summed E-state index contributed by atoms with van der Waals surface area (Å²) < 4.78 is 0. The maximum Gasteiger partial charge on any atom is 0.0715 e. The molecule has 0 saturated heterocycles. The second-order valence-corrected chi connectivity index (χ2v) is 4.26. The van der Waals surface area contributed by atoms with Gasteiger partial charge in [-0.05, 0) is 29.8 Å². The number of aromatic nitrogens is 1. The second kappa shape index (κ2) is 4.18. The third-order valence-electron chi connectivity index (χ3n) is 2.76. The number of benzene rings is 2. The summed E-state index contributed by atoms with van der Waals surface area (Å²) in [5, 5.41) is 5.96. The predicted molar refractivity (Wildman–Crippen MR) is 73.1 cm³/mol. The molecule has 0 spiro atoms. The summed E-state index contributed by atoms with van der Waals surface area (Å²) in [6.45, 7) is 0. The second-order valence-electron chi connectivity index (χ2n) is 3.83. The maximum absolute atomic E-state index is 8.71. The molecule has 18 heavy (non-hydrogen) atoms. The van der Waals surface area contributed by atoms with E-state index >= 15 is 0 Å². The predicted octanol–water partition coefficient (Wildman–Crippen LogP) is 4.98. The Bertz CT molecular complexity index is 807. The van der Waals surface area contributed by atoms with Crippen molar-refractivity contribution in [3.05, 3.63) is 57.9 Å². The summed E-state index contributed by atoms with van der Waals surface area (Å²) in [5.74, 6) is 0. The van der Waals surface area contributed by atoms with E-state index in [9.17, 15) is 0 Å². The molecule has 0 aliphatic heterocycles. The van der Waals surface area contributed by atoms with Crippen molar-refractivity contribution in [2.45, 2.75) is 0 Å². The third kappa shape index (κ3) is 1.64. The van der Waals surface area contributed by atoms with Crippen LogP contribution in [-0.2, 0) is 0 Å². The minimum absolute atomic E-state index is 0.570. The van der Waals surface area contributed by atoms with Gasteiger partial charge in [0.25, 0.3) is 0 Å². The van der Waals surface area contributed by atoms with Crippen LogP contribution in [0.2, 0.25) is 5.02 Å². The molecular formula is C13H7ClN4. The highest BCUT2D eigenvalue weighted by Gasteiger charge is 2.07. The first kappa shape index (κ1) is 10.8. The molecule has 3 aromatic rings. The fourth-order valence-electron chi connectivity index (χ4n) is 1.99. The standard InChI is InChI=1S/C13H7ClN4/c14-8-5-6-12-10(7-8)13(17-18-15)9-3-1-2-4-11(9)16-12/h1-7H. The Morgan fingerprint density at radius 2 is 1.83 bits per heavy atom. The molecule has 0 aliphatic carbocycles. The zero-order valence-corrected chi connectivity index (χ0v) is 9.96. The molecule has 0 N–H and O–H groups in total. The van der Waals surface area contributed by atoms with E-state index in [1.807, 2.05) is 30.3 Å². The monoisotopic (exact) mass is 254 g/mol. The molecule has 0 radical (unpaired) electrons. The molecule has 0 unspecified atom stereocenters. The van der Waals surface area contributed by atoms with E-state index in [4.69, 9.17) is 17.1 Å². The number of hydrogen-bond acceptors (Lipinski definition) is 2. The lowest BCUT2D eigenvalue weighted by molar-refractivity contribution is 1.46. The summed E-state index contributed by atoms with van der Waals surface area (Å²) in [7, 11) is 0. The van der Waals surface area contributed by atoms with E-state index in [2.05, 4.69) is 15.0 Å². The highest BCUT2D eigenvalue weighted by Crippen LogP contribution is 2.34. The minimum atomic E-state index is 0.570. The van der Waals surface area contributed by atoms with Gasteiger partial charge >= 0.3 is 0 Å². The quantitative estimate of drug-likeness (QED) is 0.261. The highest BCUT2D eigenvalue weighted by atomic mass is 35.5. The van der Waals surface area contributed by atoms with E-state index in [0.29, 0.717) is 10.7 Å². The third-order valence-corrected chi connectivity index (χ3v) is 2.99. The SMILES string of the molecule is [N-]=[N+]=Nc1c2ccccc2nc2ccc(Cl)cc12. The van der Waals surface area contributed by atoms with Crippen molar-refractivity contribution in [1.29, 1.82) is 0 Å². The van der Waals surface area contributed by atoms with Gasteiger partial charge in [0, 0.05) is 20.7 Å². The highest BCUT2D eigenvalue weighted by molar-refractivity contribution is 6.31. The summed E-state index contributed by atoms with van der Waals surface area (Å²) in [4.78, 5) is 7.41. The van der Waals surface area contributed by atoms with Crippen LogP contribution in [0.25, 0.3) is 32.2 Å². The normalized spacial score (nSPS) is 10.5. The Morgan fingerprint density at radius 3 is 2.67 bits per heavy atom. The fraction of sp³-hybridized carbons (Fsp3) is 0. The fourth-order valence-corrected chi connectivity index (χ4v) is 2.17. The van der Waals surface area contributed by atoms with Gasteiger partial charge in [-0.15, -0.1) is 0 Å². The van der Waals surface area contributed by atoms with Crippen LogP contribution in [0.15, 0.2) is 47.6 Å². The van der Waals surface area contributed by atoms with E-state index in [1.54, 1.807) is 12.1 Å². The summed E-state index contributed by atoms with van der Waals surface area (Å²) in [6, 6.07) is 12.9. The number of halogens is 1. The molecule has 0 atom stereocenters. The molecule has 4 nitrogen and oxygen atoms in total. The van der Waals surface area contributed by atoms with Gasteiger partial charge in [0.15, 0.2) is 0 Å². The van der Waals surface area contributed by atoms with E-state index in [1.165, 1.54) is 0 Å². The van der Waals surface area contributed by atoms with Crippen LogP contribution in [0.1, 0.15) is 0 Å². The van der Waals surface area contributed by atoms with Crippen molar-refractivity contribution < 1.29 is 0 Å². The molecular weight excluding hydrogens is 248 g/mol. The van der Waals surface area contributed by atoms with Crippen LogP contribution in [-0.4, -0.2) is 4.98 Å². The number of rotatable bonds is 1. The average molecular weight is 255 g/mol. The van der Waals surface area contributed by atoms with Crippen molar-refractivity contribution in [2.24, 2.45) is 5.11 Å². The maximum atomic E-state index is 8.71. The van der Waals surface area contributed by atoms with Gasteiger partial charge in [-0.1, -0.05) is 34.9 Å². The minimum Gasteiger partial charge on any atom is -0.248 e. The average Bonchev–Trinajstić information content (AvgIpc) is 2.39. The van der Waals surface area contributed by atoms with Crippen molar-refractivity contribution in [1.82, 2.24) is 4.98 Å². The molecule has 0 amide bonds. The van der Waals surface area contributed by atoms with Crippen molar-refractivity contribution in [2.75, 3.05) is 0 Å². The van der Waals surface area contributed by atoms with Gasteiger partial charge in [-0.2, -0.15) is 0 Å². The Kier molecular flexibility index (Phi) is 2.52. The van der Waals surface area contributed by atoms with Gasteiger partial charge in [0.2, 0.25) is 0 Å². The molecule has 86 valence electrons. The Hall–Kier alpha value is -2.29. The van der Waals surface area contributed by atoms with Crippen LogP contribution < -0.4 is 0 Å². The first-order valence-corrected chi connectivity index (χ1v) is 5.70. The lowest BCUT2D eigenvalue weighted by Gasteiger charge is -2.06. The number of azide groups is 1. The van der Waals surface area contributed by atoms with Gasteiger partial charge in [0.1, 0.15) is 0 Å². The molecule has 0 saturated carbocycles. The number of fused-ring (bicyclic) bond motifs is 2. The molecule has 3 rings (SSSR count). The summed E-state index contributed by atoms with van der Waals surface area (Å²) in [6.07, 6.45) is 0. The van der Waals surface area contributed by atoms with Crippen molar-refractivity contribution >= 4 is 39.1 Å². The van der Waals surface area contributed by atoms with E-state index < -0.39 is 0 Å². The van der Waals surface area contributed by atoms with E-state index in [0.717, 1.165) is 21.8 Å². The molecule has 0 bridgehead atoms. The smallest absolute Gasteiger partial charge is 0.0715 e. The van der Waals surface area contributed by atoms with Gasteiger partial charge in [-0.3, -0.25) is 0 Å². The Morgan fingerprint density at radius 1 is 1.06 bits per heavy atom. The number of nitrogens with zero attached hydrogens (tertiary/aromatic N) is 4. The van der Waals surface area contributed by atoms with E-state index in [-0.39, 0.29) is 0 Å². The molecule has 2 aromatic carbocycles. The van der Waals surface area contributed by atoms with Crippen LogP contribution in [0.5, 0.6) is 0 Å². The lowest BCUT2D eigenvalue weighted by atomic mass is 10.1. The number of hydrogen-bond donors (Lipinski definition) is 0. The number of para-hydroxylation sites is 1. The largest absolute Gasteiger partial charge is 0.248 e. The zero-order chi connectivity index (χ0) is 12.5. The Labute approximate surface area is 107 Å².